The highest BCUT2D eigenvalue weighted by atomic mass is 32.2. The molecule has 1 aliphatic rings. The van der Waals surface area contributed by atoms with E-state index in [1.54, 1.807) is 17.5 Å². The fraction of sp³-hybridized carbons (Fsp3) is 0.381. The molecule has 0 spiro atoms. The van der Waals surface area contributed by atoms with Crippen LogP contribution in [0.1, 0.15) is 41.7 Å². The number of thioether (sulfide) groups is 1. The summed E-state index contributed by atoms with van der Waals surface area (Å²) in [5.41, 5.74) is 2.52. The summed E-state index contributed by atoms with van der Waals surface area (Å²) in [6.45, 7) is 0. The van der Waals surface area contributed by atoms with Crippen molar-refractivity contribution < 1.29 is 4.79 Å². The number of hydrogen-bond acceptors (Lipinski definition) is 7. The number of hydrogen-bond donors (Lipinski definition) is 1. The van der Waals surface area contributed by atoms with E-state index < -0.39 is 0 Å². The van der Waals surface area contributed by atoms with E-state index in [1.165, 1.54) is 29.5 Å². The highest BCUT2D eigenvalue weighted by molar-refractivity contribution is 7.99. The van der Waals surface area contributed by atoms with Gasteiger partial charge in [0.15, 0.2) is 11.0 Å². The zero-order chi connectivity index (χ0) is 20.9. The third kappa shape index (κ3) is 4.40. The number of anilines is 1. The van der Waals surface area contributed by atoms with Gasteiger partial charge in [0.25, 0.3) is 0 Å². The molecule has 1 N–H and O–H groups in total. The quantitative estimate of drug-likeness (QED) is 0.600. The Bertz CT molecular complexity index is 1080. The standard InChI is InChI=1S/C21H22N6OS2/c1-27-19(16-9-6-7-11-23-16)25-26-21(27)29-13-18(28)24-20-15(12-22)14-8-4-2-3-5-10-17(14)30-20/h6-7,9,11H,2-5,8,10,13H2,1H3,(H,24,28). The Morgan fingerprint density at radius 1 is 1.27 bits per heavy atom. The van der Waals surface area contributed by atoms with E-state index in [2.05, 4.69) is 26.6 Å². The van der Waals surface area contributed by atoms with E-state index in [0.29, 0.717) is 21.5 Å². The van der Waals surface area contributed by atoms with Gasteiger partial charge >= 0.3 is 0 Å². The van der Waals surface area contributed by atoms with Crippen molar-refractivity contribution in [2.45, 2.75) is 43.7 Å². The van der Waals surface area contributed by atoms with Gasteiger partial charge < -0.3 is 9.88 Å². The zero-order valence-corrected chi connectivity index (χ0v) is 18.4. The predicted molar refractivity (Wildman–Crippen MR) is 118 cm³/mol. The van der Waals surface area contributed by atoms with Crippen molar-refractivity contribution in [1.82, 2.24) is 19.7 Å². The van der Waals surface area contributed by atoms with Crippen molar-refractivity contribution in [1.29, 1.82) is 5.26 Å². The topological polar surface area (TPSA) is 96.5 Å². The van der Waals surface area contributed by atoms with Gasteiger partial charge in [-0.25, -0.2) is 0 Å². The third-order valence-electron chi connectivity index (χ3n) is 5.10. The van der Waals surface area contributed by atoms with Gasteiger partial charge in [-0.15, -0.1) is 21.5 Å². The molecule has 4 rings (SSSR count). The number of amides is 1. The van der Waals surface area contributed by atoms with E-state index >= 15 is 0 Å². The van der Waals surface area contributed by atoms with Crippen LogP contribution in [0.4, 0.5) is 5.00 Å². The lowest BCUT2D eigenvalue weighted by Crippen LogP contribution is -2.14. The highest BCUT2D eigenvalue weighted by Gasteiger charge is 2.21. The number of aromatic nitrogens is 4. The maximum absolute atomic E-state index is 12.6. The first kappa shape index (κ1) is 20.6. The number of carbonyl (C=O) groups excluding carboxylic acids is 1. The number of carbonyl (C=O) groups is 1. The van der Waals surface area contributed by atoms with Crippen molar-refractivity contribution in [3.05, 3.63) is 40.4 Å². The fourth-order valence-corrected chi connectivity index (χ4v) is 5.54. The van der Waals surface area contributed by atoms with Crippen LogP contribution in [-0.2, 0) is 24.7 Å². The molecule has 0 aromatic carbocycles. The van der Waals surface area contributed by atoms with E-state index in [1.807, 2.05) is 29.8 Å². The van der Waals surface area contributed by atoms with Gasteiger partial charge in [-0.1, -0.05) is 30.7 Å². The van der Waals surface area contributed by atoms with Crippen molar-refractivity contribution in [2.75, 3.05) is 11.1 Å². The molecule has 1 amide bonds. The minimum absolute atomic E-state index is 0.145. The number of nitrogens with one attached hydrogen (secondary N) is 1. The summed E-state index contributed by atoms with van der Waals surface area (Å²) < 4.78 is 1.83. The molecule has 0 bridgehead atoms. The number of fused-ring (bicyclic) bond motifs is 1. The van der Waals surface area contributed by atoms with Gasteiger partial charge in [0.05, 0.1) is 11.3 Å². The summed E-state index contributed by atoms with van der Waals surface area (Å²) in [6.07, 6.45) is 8.32. The molecule has 0 saturated carbocycles. The molecule has 3 aromatic heterocycles. The Hall–Kier alpha value is -2.70. The van der Waals surface area contributed by atoms with Crippen LogP contribution in [0.2, 0.25) is 0 Å². The molecule has 0 radical (unpaired) electrons. The molecule has 3 heterocycles. The second-order valence-electron chi connectivity index (χ2n) is 7.15. The second-order valence-corrected chi connectivity index (χ2v) is 9.20. The lowest BCUT2D eigenvalue weighted by molar-refractivity contribution is -0.113. The molecular weight excluding hydrogens is 416 g/mol. The van der Waals surface area contributed by atoms with Crippen molar-refractivity contribution in [2.24, 2.45) is 7.05 Å². The van der Waals surface area contributed by atoms with Gasteiger partial charge in [-0.05, 0) is 43.4 Å². The van der Waals surface area contributed by atoms with Crippen LogP contribution in [-0.4, -0.2) is 31.4 Å². The largest absolute Gasteiger partial charge is 0.316 e. The number of thiophene rings is 1. The molecule has 0 fully saturated rings. The average molecular weight is 439 g/mol. The smallest absolute Gasteiger partial charge is 0.235 e. The summed E-state index contributed by atoms with van der Waals surface area (Å²) in [5.74, 6) is 0.707. The Morgan fingerprint density at radius 2 is 2.10 bits per heavy atom. The first-order valence-electron chi connectivity index (χ1n) is 9.95. The minimum atomic E-state index is -0.145. The Balaban J connectivity index is 1.43. The summed E-state index contributed by atoms with van der Waals surface area (Å²) in [7, 11) is 1.86. The van der Waals surface area contributed by atoms with Gasteiger partial charge in [0.2, 0.25) is 5.91 Å². The maximum Gasteiger partial charge on any atom is 0.235 e. The van der Waals surface area contributed by atoms with Crippen molar-refractivity contribution in [3.63, 3.8) is 0 Å². The van der Waals surface area contributed by atoms with Gasteiger partial charge in [0, 0.05) is 18.1 Å². The summed E-state index contributed by atoms with van der Waals surface area (Å²) in [6, 6.07) is 7.94. The molecule has 154 valence electrons. The number of aryl methyl sites for hydroxylation is 1. The van der Waals surface area contributed by atoms with Gasteiger partial charge in [-0.2, -0.15) is 5.26 Å². The molecule has 3 aromatic rings. The Labute approximate surface area is 183 Å². The summed E-state index contributed by atoms with van der Waals surface area (Å²) >= 11 is 2.87. The number of nitrogens with zero attached hydrogens (tertiary/aromatic N) is 5. The molecule has 0 unspecified atom stereocenters. The van der Waals surface area contributed by atoms with E-state index in [9.17, 15) is 10.1 Å². The minimum Gasteiger partial charge on any atom is -0.316 e. The molecular formula is C21H22N6OS2. The Kier molecular flexibility index (Phi) is 6.45. The second kappa shape index (κ2) is 9.41. The summed E-state index contributed by atoms with van der Waals surface area (Å²) in [5, 5.41) is 22.3. The molecule has 0 atom stereocenters. The third-order valence-corrected chi connectivity index (χ3v) is 7.32. The monoisotopic (exact) mass is 438 g/mol. The van der Waals surface area contributed by atoms with Crippen LogP contribution >= 0.6 is 23.1 Å². The van der Waals surface area contributed by atoms with Gasteiger partial charge in [-0.3, -0.25) is 9.78 Å². The van der Waals surface area contributed by atoms with Crippen molar-refractivity contribution >= 4 is 34.0 Å². The van der Waals surface area contributed by atoms with Crippen LogP contribution in [0.25, 0.3) is 11.5 Å². The maximum atomic E-state index is 12.6. The van der Waals surface area contributed by atoms with Crippen LogP contribution in [0.3, 0.4) is 0 Å². The first-order valence-corrected chi connectivity index (χ1v) is 11.8. The number of nitriles is 1. The van der Waals surface area contributed by atoms with Crippen LogP contribution in [0, 0.1) is 11.3 Å². The average Bonchev–Trinajstić information content (AvgIpc) is 3.26. The first-order chi connectivity index (χ1) is 14.7. The molecule has 0 saturated heterocycles. The predicted octanol–water partition coefficient (Wildman–Crippen LogP) is 4.20. The van der Waals surface area contributed by atoms with Crippen LogP contribution in [0.5, 0.6) is 0 Å². The lowest BCUT2D eigenvalue weighted by Gasteiger charge is -2.08. The van der Waals surface area contributed by atoms with Crippen molar-refractivity contribution in [3.8, 4) is 17.6 Å². The SMILES string of the molecule is Cn1c(SCC(=O)Nc2sc3c(c2C#N)CCCCCC3)nnc1-c1ccccn1. The molecule has 7 nitrogen and oxygen atoms in total. The normalized spacial score (nSPS) is 13.7. The van der Waals surface area contributed by atoms with Crippen LogP contribution < -0.4 is 5.32 Å². The van der Waals surface area contributed by atoms with E-state index in [-0.39, 0.29) is 11.7 Å². The number of rotatable bonds is 5. The molecule has 1 aliphatic carbocycles. The fourth-order valence-electron chi connectivity index (χ4n) is 3.58. The van der Waals surface area contributed by atoms with Crippen LogP contribution in [0.15, 0.2) is 29.6 Å². The van der Waals surface area contributed by atoms with Gasteiger partial charge in [0.1, 0.15) is 16.8 Å². The molecule has 30 heavy (non-hydrogen) atoms. The molecule has 9 heteroatoms. The van der Waals surface area contributed by atoms with E-state index in [4.69, 9.17) is 0 Å². The lowest BCUT2D eigenvalue weighted by atomic mass is 9.97. The summed E-state index contributed by atoms with van der Waals surface area (Å²) in [4.78, 5) is 18.1. The zero-order valence-electron chi connectivity index (χ0n) is 16.7. The molecule has 0 aliphatic heterocycles. The highest BCUT2D eigenvalue weighted by Crippen LogP contribution is 2.36. The number of pyridine rings is 1. The van der Waals surface area contributed by atoms with E-state index in [0.717, 1.165) is 36.9 Å². The Morgan fingerprint density at radius 3 is 2.87 bits per heavy atom.